The Balaban J connectivity index is 2.38. The summed E-state index contributed by atoms with van der Waals surface area (Å²) in [6.45, 7) is 1.96. The van der Waals surface area contributed by atoms with Crippen molar-refractivity contribution in [2.75, 3.05) is 0 Å². The van der Waals surface area contributed by atoms with Crippen molar-refractivity contribution in [3.8, 4) is 0 Å². The molecule has 0 saturated carbocycles. The van der Waals surface area contributed by atoms with Crippen LogP contribution in [0.25, 0.3) is 0 Å². The lowest BCUT2D eigenvalue weighted by molar-refractivity contribution is -0.138. The molecule has 1 atom stereocenters. The Morgan fingerprint density at radius 3 is 2.75 bits per heavy atom. The molecule has 0 amide bonds. The van der Waals surface area contributed by atoms with Gasteiger partial charge in [0.15, 0.2) is 0 Å². The molecule has 0 fully saturated rings. The Kier molecular flexibility index (Phi) is 4.08. The Morgan fingerprint density at radius 1 is 1.40 bits per heavy atom. The van der Waals surface area contributed by atoms with Gasteiger partial charge < -0.3 is 5.11 Å². The molecule has 1 heterocycles. The normalized spacial score (nSPS) is 19.4. The van der Waals surface area contributed by atoms with Crippen LogP contribution in [0.1, 0.15) is 31.7 Å². The van der Waals surface area contributed by atoms with Crippen molar-refractivity contribution in [3.05, 3.63) is 29.8 Å². The number of amidine groups is 1. The van der Waals surface area contributed by atoms with Crippen LogP contribution < -0.4 is 4.72 Å². The van der Waals surface area contributed by atoms with Crippen molar-refractivity contribution in [2.24, 2.45) is 4.99 Å². The van der Waals surface area contributed by atoms with Gasteiger partial charge in [-0.05, 0) is 18.6 Å². The molecule has 2 rings (SSSR count). The Labute approximate surface area is 117 Å². The largest absolute Gasteiger partial charge is 0.480 e. The molecule has 1 aromatic carbocycles. The fourth-order valence-corrected chi connectivity index (χ4v) is 3.27. The zero-order valence-electron chi connectivity index (χ0n) is 11.0. The second-order valence-electron chi connectivity index (χ2n) is 4.58. The summed E-state index contributed by atoms with van der Waals surface area (Å²) in [6.07, 6.45) is 1.97. The van der Waals surface area contributed by atoms with Crippen molar-refractivity contribution in [1.29, 1.82) is 0 Å². The highest BCUT2D eigenvalue weighted by molar-refractivity contribution is 7.90. The average molecular weight is 296 g/mol. The fourth-order valence-electron chi connectivity index (χ4n) is 2.03. The molecule has 2 N–H and O–H groups in total. The Morgan fingerprint density at radius 2 is 2.10 bits per heavy atom. The molecule has 0 radical (unpaired) electrons. The third-order valence-electron chi connectivity index (χ3n) is 3.06. The van der Waals surface area contributed by atoms with Crippen LogP contribution >= 0.6 is 0 Å². The van der Waals surface area contributed by atoms with Crippen LogP contribution in [0.15, 0.2) is 34.2 Å². The van der Waals surface area contributed by atoms with Crippen molar-refractivity contribution in [2.45, 2.75) is 37.1 Å². The number of hydrogen-bond acceptors (Lipinski definition) is 4. The van der Waals surface area contributed by atoms with Crippen LogP contribution in [-0.2, 0) is 14.8 Å². The number of rotatable bonds is 5. The minimum absolute atomic E-state index is 0.115. The lowest BCUT2D eigenvalue weighted by Crippen LogP contribution is -2.27. The van der Waals surface area contributed by atoms with Crippen LogP contribution in [-0.4, -0.2) is 31.4 Å². The van der Waals surface area contributed by atoms with Gasteiger partial charge in [-0.15, -0.1) is 0 Å². The molecule has 20 heavy (non-hydrogen) atoms. The second kappa shape index (κ2) is 5.62. The third kappa shape index (κ3) is 2.82. The lowest BCUT2D eigenvalue weighted by atomic mass is 10.1. The Bertz CT molecular complexity index is 652. The molecule has 0 spiro atoms. The maximum absolute atomic E-state index is 11.9. The van der Waals surface area contributed by atoms with E-state index in [4.69, 9.17) is 5.11 Å². The standard InChI is InChI=1S/C13H16N2O4S/c1-2-3-7-10(13(16)17)14-12-9-6-4-5-8-11(9)20(18,19)15-12/h4-6,8,10H,2-3,7H2,1H3,(H,14,15)(H,16,17)/t10-/m1/s1. The summed E-state index contributed by atoms with van der Waals surface area (Å²) in [6, 6.07) is 5.47. The molecule has 0 unspecified atom stereocenters. The average Bonchev–Trinajstić information content (AvgIpc) is 2.66. The molecule has 0 aromatic heterocycles. The van der Waals surface area contributed by atoms with E-state index in [1.807, 2.05) is 6.92 Å². The Hall–Kier alpha value is -1.89. The summed E-state index contributed by atoms with van der Waals surface area (Å²) in [7, 11) is -3.62. The van der Waals surface area contributed by atoms with E-state index in [1.165, 1.54) is 6.07 Å². The van der Waals surface area contributed by atoms with Crippen LogP contribution in [0.2, 0.25) is 0 Å². The van der Waals surface area contributed by atoms with E-state index in [1.54, 1.807) is 18.2 Å². The second-order valence-corrected chi connectivity index (χ2v) is 6.23. The zero-order valence-corrected chi connectivity index (χ0v) is 11.9. The van der Waals surface area contributed by atoms with Gasteiger partial charge in [0.1, 0.15) is 11.9 Å². The maximum Gasteiger partial charge on any atom is 0.328 e. The zero-order chi connectivity index (χ0) is 14.8. The molecule has 0 bridgehead atoms. The van der Waals surface area contributed by atoms with Crippen LogP contribution in [0.5, 0.6) is 0 Å². The molecule has 0 saturated heterocycles. The summed E-state index contributed by atoms with van der Waals surface area (Å²) in [5, 5.41) is 9.15. The first-order valence-corrected chi connectivity index (χ1v) is 7.87. The van der Waals surface area contributed by atoms with Gasteiger partial charge in [-0.3, -0.25) is 9.71 Å². The van der Waals surface area contributed by atoms with Crippen LogP contribution in [0.4, 0.5) is 0 Å². The van der Waals surface area contributed by atoms with Crippen molar-refractivity contribution >= 4 is 21.8 Å². The molecular weight excluding hydrogens is 280 g/mol. The number of aliphatic imine (C=N–C) groups is 1. The van der Waals surface area contributed by atoms with Gasteiger partial charge in [-0.25, -0.2) is 13.2 Å². The first-order valence-electron chi connectivity index (χ1n) is 6.38. The number of carboxylic acids is 1. The SMILES string of the molecule is CCCC[C@@H](N=C1NS(=O)(=O)c2ccccc21)C(=O)O. The molecular formula is C13H16N2O4S. The number of nitrogens with one attached hydrogen (secondary N) is 1. The molecule has 1 aromatic rings. The molecule has 0 aliphatic carbocycles. The number of hydrogen-bond donors (Lipinski definition) is 2. The number of fused-ring (bicyclic) bond motifs is 1. The number of carbonyl (C=O) groups is 1. The van der Waals surface area contributed by atoms with E-state index in [9.17, 15) is 13.2 Å². The lowest BCUT2D eigenvalue weighted by Gasteiger charge is -2.08. The first-order chi connectivity index (χ1) is 9.45. The molecule has 6 nitrogen and oxygen atoms in total. The van der Waals surface area contributed by atoms with Gasteiger partial charge in [0, 0.05) is 5.56 Å². The summed E-state index contributed by atoms with van der Waals surface area (Å²) >= 11 is 0. The van der Waals surface area contributed by atoms with Gasteiger partial charge in [-0.2, -0.15) is 0 Å². The predicted molar refractivity (Wildman–Crippen MR) is 74.2 cm³/mol. The summed E-state index contributed by atoms with van der Waals surface area (Å²) in [4.78, 5) is 15.4. The smallest absolute Gasteiger partial charge is 0.328 e. The van der Waals surface area contributed by atoms with Crippen molar-refractivity contribution in [3.63, 3.8) is 0 Å². The van der Waals surface area contributed by atoms with Gasteiger partial charge in [0.2, 0.25) is 0 Å². The molecule has 7 heteroatoms. The summed E-state index contributed by atoms with van der Waals surface area (Å²) in [5.74, 6) is -0.932. The van der Waals surface area contributed by atoms with Crippen LogP contribution in [0.3, 0.4) is 0 Å². The van der Waals surface area contributed by atoms with Gasteiger partial charge in [0.05, 0.1) is 4.90 Å². The van der Waals surface area contributed by atoms with E-state index in [0.717, 1.165) is 12.8 Å². The van der Waals surface area contributed by atoms with Gasteiger partial charge in [-0.1, -0.05) is 31.9 Å². The first kappa shape index (κ1) is 14.5. The van der Waals surface area contributed by atoms with Gasteiger partial charge >= 0.3 is 5.97 Å². The van der Waals surface area contributed by atoms with Gasteiger partial charge in [0.25, 0.3) is 10.0 Å². The summed E-state index contributed by atoms with van der Waals surface area (Å²) < 4.78 is 26.1. The molecule has 1 aliphatic rings. The summed E-state index contributed by atoms with van der Waals surface area (Å²) in [5.41, 5.74) is 0.426. The van der Waals surface area contributed by atoms with Crippen molar-refractivity contribution in [1.82, 2.24) is 4.72 Å². The van der Waals surface area contributed by atoms with E-state index < -0.39 is 22.0 Å². The molecule has 108 valence electrons. The number of benzene rings is 1. The highest BCUT2D eigenvalue weighted by Crippen LogP contribution is 2.23. The van der Waals surface area contributed by atoms with E-state index >= 15 is 0 Å². The number of unbranched alkanes of at least 4 members (excludes halogenated alkanes) is 1. The van der Waals surface area contributed by atoms with Crippen molar-refractivity contribution < 1.29 is 18.3 Å². The van der Waals surface area contributed by atoms with E-state index in [0.29, 0.717) is 12.0 Å². The quantitative estimate of drug-likeness (QED) is 0.857. The minimum atomic E-state index is -3.62. The fraction of sp³-hybridized carbons (Fsp3) is 0.385. The van der Waals surface area contributed by atoms with E-state index in [2.05, 4.69) is 9.71 Å². The minimum Gasteiger partial charge on any atom is -0.480 e. The monoisotopic (exact) mass is 296 g/mol. The number of sulfonamides is 1. The van der Waals surface area contributed by atoms with Crippen LogP contribution in [0, 0.1) is 0 Å². The highest BCUT2D eigenvalue weighted by atomic mass is 32.2. The maximum atomic E-state index is 11.9. The predicted octanol–water partition coefficient (Wildman–Crippen LogP) is 1.37. The number of nitrogens with zero attached hydrogens (tertiary/aromatic N) is 1. The van der Waals surface area contributed by atoms with E-state index in [-0.39, 0.29) is 10.7 Å². The highest BCUT2D eigenvalue weighted by Gasteiger charge is 2.31. The number of carboxylic acid groups (broad SMARTS) is 1. The third-order valence-corrected chi connectivity index (χ3v) is 4.46. The molecule has 1 aliphatic heterocycles. The number of aliphatic carboxylic acids is 1. The topological polar surface area (TPSA) is 95.8 Å².